The second-order valence-corrected chi connectivity index (χ2v) is 5.55. The lowest BCUT2D eigenvalue weighted by atomic mass is 10.4. The maximum Gasteiger partial charge on any atom is 0.162 e. The van der Waals surface area contributed by atoms with Gasteiger partial charge in [-0.2, -0.15) is 5.10 Å². The van der Waals surface area contributed by atoms with Crippen molar-refractivity contribution < 1.29 is 4.74 Å². The molecule has 0 bridgehead atoms. The molecule has 0 radical (unpaired) electrons. The number of thioether (sulfide) groups is 1. The van der Waals surface area contributed by atoms with Crippen LogP contribution in [0.2, 0.25) is 5.15 Å². The van der Waals surface area contributed by atoms with Gasteiger partial charge in [-0.1, -0.05) is 11.6 Å². The number of halogens is 1. The maximum atomic E-state index is 6.10. The fourth-order valence-electron chi connectivity index (χ4n) is 1.60. The summed E-state index contributed by atoms with van der Waals surface area (Å²) in [5.41, 5.74) is 0.783. The molecule has 90 valence electrons. The Kier molecular flexibility index (Phi) is 2.94. The average Bonchev–Trinajstić information content (AvgIpc) is 2.59. The van der Waals surface area contributed by atoms with Crippen LogP contribution in [-0.4, -0.2) is 38.2 Å². The third-order valence-electron chi connectivity index (χ3n) is 2.65. The molecule has 0 aromatic carbocycles. The minimum Gasteiger partial charge on any atom is -0.379 e. The predicted molar refractivity (Wildman–Crippen MR) is 67.2 cm³/mol. The molecule has 1 saturated heterocycles. The Morgan fingerprint density at radius 1 is 1.53 bits per heavy atom. The standard InChI is InChI=1S/C10H11ClN4OS/c1-15-10-7(2-12-15)9(11)13-8(14-10)5-17-6-3-16-4-6/h2,6H,3-5H2,1H3. The van der Waals surface area contributed by atoms with Gasteiger partial charge in [0.05, 0.1) is 35.8 Å². The molecule has 2 aromatic rings. The van der Waals surface area contributed by atoms with E-state index in [-0.39, 0.29) is 0 Å². The lowest BCUT2D eigenvalue weighted by Crippen LogP contribution is -2.30. The molecule has 1 aliphatic rings. The van der Waals surface area contributed by atoms with Crippen molar-refractivity contribution in [2.45, 2.75) is 11.0 Å². The van der Waals surface area contributed by atoms with Crippen molar-refractivity contribution in [3.8, 4) is 0 Å². The van der Waals surface area contributed by atoms with Gasteiger partial charge in [0.2, 0.25) is 0 Å². The minimum absolute atomic E-state index is 0.476. The fraction of sp³-hybridized carbons (Fsp3) is 0.500. The van der Waals surface area contributed by atoms with Crippen molar-refractivity contribution in [2.24, 2.45) is 7.05 Å². The molecule has 2 aromatic heterocycles. The number of nitrogens with zero attached hydrogens (tertiary/aromatic N) is 4. The van der Waals surface area contributed by atoms with Gasteiger partial charge in [-0.15, -0.1) is 11.8 Å². The van der Waals surface area contributed by atoms with Crippen LogP contribution in [0.15, 0.2) is 6.20 Å². The molecule has 7 heteroatoms. The van der Waals surface area contributed by atoms with Gasteiger partial charge in [0.15, 0.2) is 5.65 Å². The quantitative estimate of drug-likeness (QED) is 0.794. The Labute approximate surface area is 108 Å². The Morgan fingerprint density at radius 2 is 2.35 bits per heavy atom. The van der Waals surface area contributed by atoms with Gasteiger partial charge in [0.1, 0.15) is 11.0 Å². The second kappa shape index (κ2) is 4.44. The third-order valence-corrected chi connectivity index (χ3v) is 4.10. The maximum absolute atomic E-state index is 6.10. The van der Waals surface area contributed by atoms with E-state index < -0.39 is 0 Å². The first-order valence-corrected chi connectivity index (χ1v) is 6.70. The van der Waals surface area contributed by atoms with Crippen LogP contribution in [0.25, 0.3) is 11.0 Å². The molecule has 17 heavy (non-hydrogen) atoms. The Hall–Kier alpha value is -0.850. The van der Waals surface area contributed by atoms with Crippen LogP contribution in [0.3, 0.4) is 0 Å². The van der Waals surface area contributed by atoms with Crippen LogP contribution in [0.1, 0.15) is 5.82 Å². The third kappa shape index (κ3) is 2.12. The van der Waals surface area contributed by atoms with Gasteiger partial charge in [-0.05, 0) is 0 Å². The SMILES string of the molecule is Cn1ncc2c(Cl)nc(CSC3COC3)nc21. The van der Waals surface area contributed by atoms with Gasteiger partial charge in [0, 0.05) is 7.05 Å². The van der Waals surface area contributed by atoms with E-state index in [1.54, 1.807) is 22.6 Å². The molecule has 0 aliphatic carbocycles. The van der Waals surface area contributed by atoms with E-state index in [4.69, 9.17) is 16.3 Å². The van der Waals surface area contributed by atoms with Gasteiger partial charge in [-0.25, -0.2) is 9.97 Å². The number of aromatic nitrogens is 4. The summed E-state index contributed by atoms with van der Waals surface area (Å²) in [6, 6.07) is 0. The van der Waals surface area contributed by atoms with E-state index in [9.17, 15) is 0 Å². The largest absolute Gasteiger partial charge is 0.379 e. The average molecular weight is 271 g/mol. The number of rotatable bonds is 3. The van der Waals surface area contributed by atoms with Crippen molar-refractivity contribution >= 4 is 34.4 Å². The van der Waals surface area contributed by atoms with Crippen molar-refractivity contribution in [1.29, 1.82) is 0 Å². The molecule has 5 nitrogen and oxygen atoms in total. The normalized spacial score (nSPS) is 16.4. The number of hydrogen-bond acceptors (Lipinski definition) is 5. The zero-order chi connectivity index (χ0) is 11.8. The van der Waals surface area contributed by atoms with Gasteiger partial charge in [0.25, 0.3) is 0 Å². The highest BCUT2D eigenvalue weighted by molar-refractivity contribution is 7.99. The van der Waals surface area contributed by atoms with Gasteiger partial charge < -0.3 is 4.74 Å². The monoisotopic (exact) mass is 270 g/mol. The van der Waals surface area contributed by atoms with Crippen LogP contribution in [0.5, 0.6) is 0 Å². The molecular weight excluding hydrogens is 260 g/mol. The first-order chi connectivity index (χ1) is 8.24. The molecule has 0 N–H and O–H groups in total. The zero-order valence-corrected chi connectivity index (χ0v) is 10.8. The molecule has 0 amide bonds. The lowest BCUT2D eigenvalue weighted by Gasteiger charge is -2.24. The minimum atomic E-state index is 0.476. The van der Waals surface area contributed by atoms with Crippen LogP contribution in [-0.2, 0) is 17.5 Å². The number of hydrogen-bond donors (Lipinski definition) is 0. The summed E-state index contributed by atoms with van der Waals surface area (Å²) in [6.45, 7) is 1.65. The van der Waals surface area contributed by atoms with Crippen molar-refractivity contribution in [2.75, 3.05) is 13.2 Å². The second-order valence-electron chi connectivity index (χ2n) is 3.91. The summed E-state index contributed by atoms with van der Waals surface area (Å²) in [5, 5.41) is 5.97. The first-order valence-electron chi connectivity index (χ1n) is 5.27. The summed E-state index contributed by atoms with van der Waals surface area (Å²) in [4.78, 5) is 8.75. The van der Waals surface area contributed by atoms with E-state index >= 15 is 0 Å². The summed E-state index contributed by atoms with van der Waals surface area (Å²) < 4.78 is 6.83. The molecule has 1 aliphatic heterocycles. The topological polar surface area (TPSA) is 52.8 Å². The molecule has 3 heterocycles. The highest BCUT2D eigenvalue weighted by Crippen LogP contribution is 2.25. The number of aryl methyl sites for hydroxylation is 1. The van der Waals surface area contributed by atoms with E-state index in [1.807, 2.05) is 7.05 Å². The van der Waals surface area contributed by atoms with E-state index in [2.05, 4.69) is 15.1 Å². The Balaban J connectivity index is 1.85. The number of ether oxygens (including phenoxy) is 1. The predicted octanol–water partition coefficient (Wildman–Crippen LogP) is 1.65. The lowest BCUT2D eigenvalue weighted by molar-refractivity contribution is 0.0455. The van der Waals surface area contributed by atoms with Gasteiger partial charge in [-0.3, -0.25) is 4.68 Å². The zero-order valence-electron chi connectivity index (χ0n) is 9.26. The van der Waals surface area contributed by atoms with Crippen molar-refractivity contribution in [3.63, 3.8) is 0 Å². The smallest absolute Gasteiger partial charge is 0.162 e. The highest BCUT2D eigenvalue weighted by Gasteiger charge is 2.19. The summed E-state index contributed by atoms with van der Waals surface area (Å²) in [5.74, 6) is 1.51. The fourth-order valence-corrected chi connectivity index (χ4v) is 2.73. The van der Waals surface area contributed by atoms with E-state index in [0.29, 0.717) is 10.4 Å². The molecule has 0 atom stereocenters. The Bertz CT molecular complexity index is 554. The molecule has 0 saturated carbocycles. The first kappa shape index (κ1) is 11.3. The summed E-state index contributed by atoms with van der Waals surface area (Å²) in [6.07, 6.45) is 1.69. The van der Waals surface area contributed by atoms with Crippen LogP contribution in [0.4, 0.5) is 0 Å². The molecule has 3 rings (SSSR count). The molecular formula is C10H11ClN4OS. The van der Waals surface area contributed by atoms with Crippen molar-refractivity contribution in [1.82, 2.24) is 19.7 Å². The highest BCUT2D eigenvalue weighted by atomic mass is 35.5. The number of fused-ring (bicyclic) bond motifs is 1. The van der Waals surface area contributed by atoms with Crippen molar-refractivity contribution in [3.05, 3.63) is 17.2 Å². The van der Waals surface area contributed by atoms with E-state index in [0.717, 1.165) is 35.8 Å². The molecule has 0 spiro atoms. The molecule has 0 unspecified atom stereocenters. The van der Waals surface area contributed by atoms with Crippen LogP contribution < -0.4 is 0 Å². The summed E-state index contributed by atoms with van der Waals surface area (Å²) in [7, 11) is 1.85. The Morgan fingerprint density at radius 3 is 3.06 bits per heavy atom. The summed E-state index contributed by atoms with van der Waals surface area (Å²) >= 11 is 7.90. The molecule has 1 fully saturated rings. The van der Waals surface area contributed by atoms with Crippen LogP contribution >= 0.6 is 23.4 Å². The van der Waals surface area contributed by atoms with Crippen LogP contribution in [0, 0.1) is 0 Å². The van der Waals surface area contributed by atoms with E-state index in [1.165, 1.54) is 0 Å². The van der Waals surface area contributed by atoms with Gasteiger partial charge >= 0.3 is 0 Å².